The maximum atomic E-state index is 6.22. The van der Waals surface area contributed by atoms with Crippen LogP contribution in [0.15, 0.2) is 22.7 Å². The molecule has 1 rings (SSSR count). The van der Waals surface area contributed by atoms with Crippen LogP contribution in [-0.4, -0.2) is 7.05 Å². The van der Waals surface area contributed by atoms with Crippen molar-refractivity contribution in [2.24, 2.45) is 5.92 Å². The third-order valence-electron chi connectivity index (χ3n) is 2.29. The topological polar surface area (TPSA) is 12.0 Å². The summed E-state index contributed by atoms with van der Waals surface area (Å²) in [5, 5.41) is 4.09. The number of hydrogen-bond acceptors (Lipinski definition) is 1. The summed E-state index contributed by atoms with van der Waals surface area (Å²) < 4.78 is 0.956. The van der Waals surface area contributed by atoms with E-state index in [0.29, 0.717) is 12.0 Å². The van der Waals surface area contributed by atoms with Crippen molar-refractivity contribution in [1.29, 1.82) is 0 Å². The zero-order valence-electron chi connectivity index (χ0n) is 8.64. The van der Waals surface area contributed by atoms with Crippen molar-refractivity contribution in [1.82, 2.24) is 5.32 Å². The van der Waals surface area contributed by atoms with Crippen LogP contribution in [-0.2, 0) is 0 Å². The van der Waals surface area contributed by atoms with Gasteiger partial charge in [-0.15, -0.1) is 0 Å². The molecule has 1 unspecified atom stereocenters. The second-order valence-electron chi connectivity index (χ2n) is 3.65. The molecule has 78 valence electrons. The minimum atomic E-state index is 0.306. The van der Waals surface area contributed by atoms with Crippen LogP contribution in [0.3, 0.4) is 0 Å². The molecule has 3 heteroatoms. The standard InChI is InChI=1S/C11H15BrClN/c1-7(2)11(14-3)8-5-4-6-9(12)10(8)13/h4-7,11,14H,1-3H3. The van der Waals surface area contributed by atoms with Crippen molar-refractivity contribution in [2.75, 3.05) is 7.05 Å². The Balaban J connectivity index is 3.10. The highest BCUT2D eigenvalue weighted by Crippen LogP contribution is 2.32. The van der Waals surface area contributed by atoms with E-state index in [4.69, 9.17) is 11.6 Å². The van der Waals surface area contributed by atoms with E-state index in [1.54, 1.807) is 0 Å². The molecule has 0 aromatic heterocycles. The maximum Gasteiger partial charge on any atom is 0.0595 e. The Hall–Kier alpha value is -0.0500. The van der Waals surface area contributed by atoms with Gasteiger partial charge in [-0.25, -0.2) is 0 Å². The molecule has 1 aromatic rings. The van der Waals surface area contributed by atoms with Crippen LogP contribution in [0.4, 0.5) is 0 Å². The highest BCUT2D eigenvalue weighted by molar-refractivity contribution is 9.10. The summed E-state index contributed by atoms with van der Waals surface area (Å²) in [6, 6.07) is 6.34. The lowest BCUT2D eigenvalue weighted by molar-refractivity contribution is 0.443. The summed E-state index contributed by atoms with van der Waals surface area (Å²) in [5.74, 6) is 0.520. The highest BCUT2D eigenvalue weighted by Gasteiger charge is 2.17. The first kappa shape index (κ1) is 12.0. The molecule has 1 atom stereocenters. The fraction of sp³-hybridized carbons (Fsp3) is 0.455. The second-order valence-corrected chi connectivity index (χ2v) is 4.89. The third-order valence-corrected chi connectivity index (χ3v) is 3.61. The van der Waals surface area contributed by atoms with Crippen LogP contribution < -0.4 is 5.32 Å². The largest absolute Gasteiger partial charge is 0.313 e. The molecular formula is C11H15BrClN. The Morgan fingerprint density at radius 2 is 2.00 bits per heavy atom. The molecule has 0 fully saturated rings. The minimum absolute atomic E-state index is 0.306. The lowest BCUT2D eigenvalue weighted by Gasteiger charge is -2.22. The molecule has 0 spiro atoms. The number of halogens is 2. The smallest absolute Gasteiger partial charge is 0.0595 e. The molecule has 0 aliphatic heterocycles. The van der Waals surface area contributed by atoms with Gasteiger partial charge >= 0.3 is 0 Å². The summed E-state index contributed by atoms with van der Waals surface area (Å²) in [4.78, 5) is 0. The first-order chi connectivity index (χ1) is 6.57. The van der Waals surface area contributed by atoms with Gasteiger partial charge in [0.2, 0.25) is 0 Å². The molecule has 0 heterocycles. The Labute approximate surface area is 99.0 Å². The number of nitrogens with one attached hydrogen (secondary N) is 1. The van der Waals surface area contributed by atoms with Gasteiger partial charge in [0, 0.05) is 10.5 Å². The Bertz CT molecular complexity index is 312. The summed E-state index contributed by atoms with van der Waals surface area (Å²) in [7, 11) is 1.96. The van der Waals surface area contributed by atoms with E-state index in [-0.39, 0.29) is 0 Å². The van der Waals surface area contributed by atoms with Gasteiger partial charge in [-0.2, -0.15) is 0 Å². The van der Waals surface area contributed by atoms with Gasteiger partial charge in [0.1, 0.15) is 0 Å². The number of benzene rings is 1. The fourth-order valence-electron chi connectivity index (χ4n) is 1.61. The summed E-state index contributed by atoms with van der Waals surface area (Å²) in [6.07, 6.45) is 0. The fourth-order valence-corrected chi connectivity index (χ4v) is 2.23. The van der Waals surface area contributed by atoms with Crippen molar-refractivity contribution in [3.8, 4) is 0 Å². The van der Waals surface area contributed by atoms with Crippen LogP contribution in [0.2, 0.25) is 5.02 Å². The Morgan fingerprint density at radius 3 is 2.50 bits per heavy atom. The van der Waals surface area contributed by atoms with Gasteiger partial charge in [0.05, 0.1) is 5.02 Å². The average Bonchev–Trinajstić information content (AvgIpc) is 2.13. The quantitative estimate of drug-likeness (QED) is 0.879. The molecule has 1 aromatic carbocycles. The molecule has 0 bridgehead atoms. The number of hydrogen-bond donors (Lipinski definition) is 1. The molecule has 0 radical (unpaired) electrons. The SMILES string of the molecule is CNC(c1cccc(Br)c1Cl)C(C)C. The predicted octanol–water partition coefficient (Wildman–Crippen LogP) is 4.02. The van der Waals surface area contributed by atoms with E-state index < -0.39 is 0 Å². The van der Waals surface area contributed by atoms with Crippen molar-refractivity contribution in [3.05, 3.63) is 33.3 Å². The third kappa shape index (κ3) is 2.50. The lowest BCUT2D eigenvalue weighted by Crippen LogP contribution is -2.22. The second kappa shape index (κ2) is 5.15. The van der Waals surface area contributed by atoms with E-state index >= 15 is 0 Å². The van der Waals surface area contributed by atoms with E-state index in [9.17, 15) is 0 Å². The average molecular weight is 277 g/mol. The van der Waals surface area contributed by atoms with Crippen molar-refractivity contribution < 1.29 is 0 Å². The molecule has 14 heavy (non-hydrogen) atoms. The molecule has 1 nitrogen and oxygen atoms in total. The van der Waals surface area contributed by atoms with Crippen LogP contribution in [0, 0.1) is 5.92 Å². The summed E-state index contributed by atoms with van der Waals surface area (Å²) in [5.41, 5.74) is 1.15. The van der Waals surface area contributed by atoms with Gasteiger partial charge in [-0.1, -0.05) is 37.6 Å². The van der Waals surface area contributed by atoms with Crippen LogP contribution in [0.25, 0.3) is 0 Å². The van der Waals surface area contributed by atoms with Crippen LogP contribution in [0.5, 0.6) is 0 Å². The highest BCUT2D eigenvalue weighted by atomic mass is 79.9. The molecular weight excluding hydrogens is 261 g/mol. The number of rotatable bonds is 3. The maximum absolute atomic E-state index is 6.22. The summed E-state index contributed by atoms with van der Waals surface area (Å²) >= 11 is 9.66. The van der Waals surface area contributed by atoms with Crippen LogP contribution in [0.1, 0.15) is 25.5 Å². The monoisotopic (exact) mass is 275 g/mol. The van der Waals surface area contributed by atoms with Crippen molar-refractivity contribution in [2.45, 2.75) is 19.9 Å². The Kier molecular flexibility index (Phi) is 4.42. The minimum Gasteiger partial charge on any atom is -0.313 e. The molecule has 0 aliphatic rings. The normalized spacial score (nSPS) is 13.3. The van der Waals surface area contributed by atoms with E-state index in [1.807, 2.05) is 19.2 Å². The van der Waals surface area contributed by atoms with Gasteiger partial charge in [-0.05, 0) is 40.5 Å². The van der Waals surface area contributed by atoms with Crippen molar-refractivity contribution >= 4 is 27.5 Å². The van der Waals surface area contributed by atoms with Gasteiger partial charge in [-0.3, -0.25) is 0 Å². The Morgan fingerprint density at radius 1 is 1.36 bits per heavy atom. The molecule has 0 aliphatic carbocycles. The molecule has 1 N–H and O–H groups in total. The van der Waals surface area contributed by atoms with Crippen molar-refractivity contribution in [3.63, 3.8) is 0 Å². The summed E-state index contributed by atoms with van der Waals surface area (Å²) in [6.45, 7) is 4.36. The van der Waals surface area contributed by atoms with Gasteiger partial charge in [0.25, 0.3) is 0 Å². The van der Waals surface area contributed by atoms with Gasteiger partial charge in [0.15, 0.2) is 0 Å². The van der Waals surface area contributed by atoms with Gasteiger partial charge < -0.3 is 5.32 Å². The zero-order valence-corrected chi connectivity index (χ0v) is 11.0. The van der Waals surface area contributed by atoms with E-state index in [0.717, 1.165) is 15.1 Å². The first-order valence-electron chi connectivity index (χ1n) is 4.69. The van der Waals surface area contributed by atoms with E-state index in [1.165, 1.54) is 0 Å². The first-order valence-corrected chi connectivity index (χ1v) is 5.86. The molecule has 0 saturated heterocycles. The predicted molar refractivity (Wildman–Crippen MR) is 65.8 cm³/mol. The van der Waals surface area contributed by atoms with Crippen LogP contribution >= 0.6 is 27.5 Å². The van der Waals surface area contributed by atoms with E-state index in [2.05, 4.69) is 41.2 Å². The zero-order chi connectivity index (χ0) is 10.7. The molecule has 0 amide bonds. The lowest BCUT2D eigenvalue weighted by atomic mass is 9.96. The molecule has 0 saturated carbocycles.